The quantitative estimate of drug-likeness (QED) is 0.755. The number of nitrogens with two attached hydrogens (primary N) is 1. The van der Waals surface area contributed by atoms with Gasteiger partial charge in [0.2, 0.25) is 0 Å². The van der Waals surface area contributed by atoms with Gasteiger partial charge in [-0.05, 0) is 12.8 Å². The Balaban J connectivity index is 2.19. The van der Waals surface area contributed by atoms with E-state index in [4.69, 9.17) is 5.73 Å². The van der Waals surface area contributed by atoms with E-state index >= 15 is 0 Å². The van der Waals surface area contributed by atoms with E-state index in [9.17, 15) is 0 Å². The average Bonchev–Trinajstić information content (AvgIpc) is 2.67. The number of nitrogens with one attached hydrogen (secondary N) is 1. The molecule has 2 rings (SSSR count). The van der Waals surface area contributed by atoms with E-state index in [0.717, 1.165) is 5.82 Å². The first-order chi connectivity index (χ1) is 6.74. The summed E-state index contributed by atoms with van der Waals surface area (Å²) < 4.78 is 0. The van der Waals surface area contributed by atoms with Crippen molar-refractivity contribution in [2.24, 2.45) is 5.73 Å². The summed E-state index contributed by atoms with van der Waals surface area (Å²) in [5, 5.41) is 0. The number of aromatic nitrogens is 2. The van der Waals surface area contributed by atoms with Crippen molar-refractivity contribution in [1.29, 1.82) is 0 Å². The van der Waals surface area contributed by atoms with Gasteiger partial charge in [0.1, 0.15) is 5.82 Å². The fourth-order valence-electron chi connectivity index (χ4n) is 2.37. The van der Waals surface area contributed by atoms with E-state index in [2.05, 4.69) is 16.9 Å². The van der Waals surface area contributed by atoms with Crippen LogP contribution in [0.15, 0.2) is 6.20 Å². The number of aromatic amines is 1. The van der Waals surface area contributed by atoms with E-state index in [1.165, 1.54) is 37.8 Å². The Hall–Kier alpha value is -0.830. The molecule has 0 bridgehead atoms. The van der Waals surface area contributed by atoms with Crippen LogP contribution in [-0.2, 0) is 12.0 Å². The first-order valence-corrected chi connectivity index (χ1v) is 5.49. The molecule has 0 unspecified atom stereocenters. The van der Waals surface area contributed by atoms with Gasteiger partial charge in [-0.3, -0.25) is 0 Å². The zero-order chi connectivity index (χ0) is 10.0. The molecule has 0 radical (unpaired) electrons. The van der Waals surface area contributed by atoms with Crippen LogP contribution in [0.2, 0.25) is 0 Å². The van der Waals surface area contributed by atoms with Crippen molar-refractivity contribution in [2.45, 2.75) is 51.0 Å². The summed E-state index contributed by atoms with van der Waals surface area (Å²) in [7, 11) is 0. The number of rotatable bonds is 2. The lowest BCUT2D eigenvalue weighted by Gasteiger charge is -2.32. The van der Waals surface area contributed by atoms with Crippen molar-refractivity contribution in [3.05, 3.63) is 17.7 Å². The molecule has 0 amide bonds. The highest BCUT2D eigenvalue weighted by molar-refractivity contribution is 5.15. The van der Waals surface area contributed by atoms with Gasteiger partial charge >= 0.3 is 0 Å². The molecule has 0 spiro atoms. The van der Waals surface area contributed by atoms with Gasteiger partial charge in [0.15, 0.2) is 0 Å². The molecule has 0 aromatic carbocycles. The average molecular weight is 193 g/mol. The standard InChI is InChI=1S/C11H19N3/c1-11(5-3-2-4-6-11)9-8-13-10(7-12)14-9/h8H,2-7,12H2,1H3,(H,13,14). The van der Waals surface area contributed by atoms with Crippen molar-refractivity contribution >= 4 is 0 Å². The summed E-state index contributed by atoms with van der Waals surface area (Å²) in [6.07, 6.45) is 8.58. The van der Waals surface area contributed by atoms with Crippen LogP contribution in [0.5, 0.6) is 0 Å². The Bertz CT molecular complexity index is 297. The number of imidazole rings is 1. The first-order valence-electron chi connectivity index (χ1n) is 5.49. The number of H-pyrrole nitrogens is 1. The Morgan fingerprint density at radius 1 is 1.43 bits per heavy atom. The zero-order valence-electron chi connectivity index (χ0n) is 8.84. The second kappa shape index (κ2) is 3.73. The summed E-state index contributed by atoms with van der Waals surface area (Å²) in [6.45, 7) is 2.84. The molecule has 1 aliphatic carbocycles. The van der Waals surface area contributed by atoms with Gasteiger partial charge in [-0.2, -0.15) is 0 Å². The Morgan fingerprint density at radius 3 is 2.71 bits per heavy atom. The summed E-state index contributed by atoms with van der Waals surface area (Å²) >= 11 is 0. The predicted molar refractivity (Wildman–Crippen MR) is 56.9 cm³/mol. The molecule has 14 heavy (non-hydrogen) atoms. The molecule has 1 saturated carbocycles. The summed E-state index contributed by atoms with van der Waals surface area (Å²) in [5.41, 5.74) is 7.14. The zero-order valence-corrected chi connectivity index (χ0v) is 8.84. The molecule has 1 heterocycles. The lowest BCUT2D eigenvalue weighted by Crippen LogP contribution is -2.25. The van der Waals surface area contributed by atoms with Crippen LogP contribution in [0.1, 0.15) is 50.5 Å². The molecule has 78 valence electrons. The van der Waals surface area contributed by atoms with Gasteiger partial charge < -0.3 is 10.7 Å². The van der Waals surface area contributed by atoms with Gasteiger partial charge in [-0.25, -0.2) is 4.98 Å². The van der Waals surface area contributed by atoms with Crippen molar-refractivity contribution < 1.29 is 0 Å². The Kier molecular flexibility index (Phi) is 2.59. The molecule has 1 aliphatic rings. The maximum Gasteiger partial charge on any atom is 0.120 e. The van der Waals surface area contributed by atoms with Crippen LogP contribution in [0.4, 0.5) is 0 Å². The highest BCUT2D eigenvalue weighted by Gasteiger charge is 2.30. The monoisotopic (exact) mass is 193 g/mol. The molecule has 1 aromatic rings. The normalized spacial score (nSPS) is 21.0. The van der Waals surface area contributed by atoms with Crippen LogP contribution < -0.4 is 5.73 Å². The van der Waals surface area contributed by atoms with Crippen molar-refractivity contribution in [1.82, 2.24) is 9.97 Å². The van der Waals surface area contributed by atoms with Crippen LogP contribution in [0.3, 0.4) is 0 Å². The van der Waals surface area contributed by atoms with E-state index in [1.54, 1.807) is 0 Å². The first kappa shape index (κ1) is 9.71. The lowest BCUT2D eigenvalue weighted by atomic mass is 9.74. The molecule has 0 saturated heterocycles. The smallest absolute Gasteiger partial charge is 0.120 e. The highest BCUT2D eigenvalue weighted by Crippen LogP contribution is 2.37. The summed E-state index contributed by atoms with van der Waals surface area (Å²) in [4.78, 5) is 7.61. The minimum atomic E-state index is 0.318. The molecule has 3 nitrogen and oxygen atoms in total. The van der Waals surface area contributed by atoms with Crippen molar-refractivity contribution in [3.8, 4) is 0 Å². The molecule has 3 heteroatoms. The Morgan fingerprint density at radius 2 is 2.14 bits per heavy atom. The fourth-order valence-corrected chi connectivity index (χ4v) is 2.37. The van der Waals surface area contributed by atoms with Crippen LogP contribution in [-0.4, -0.2) is 9.97 Å². The minimum Gasteiger partial charge on any atom is -0.344 e. The summed E-state index contributed by atoms with van der Waals surface area (Å²) in [6, 6.07) is 0. The topological polar surface area (TPSA) is 54.7 Å². The molecule has 3 N–H and O–H groups in total. The maximum atomic E-state index is 5.54. The minimum absolute atomic E-state index is 0.318. The number of hydrogen-bond donors (Lipinski definition) is 2. The van der Waals surface area contributed by atoms with Crippen molar-refractivity contribution in [2.75, 3.05) is 0 Å². The molecular weight excluding hydrogens is 174 g/mol. The molecule has 1 fully saturated rings. The van der Waals surface area contributed by atoms with Gasteiger partial charge in [0.25, 0.3) is 0 Å². The molecule has 1 aromatic heterocycles. The molecular formula is C11H19N3. The fraction of sp³-hybridized carbons (Fsp3) is 0.727. The third-order valence-electron chi connectivity index (χ3n) is 3.43. The Labute approximate surface area is 85.1 Å². The molecule has 0 aliphatic heterocycles. The maximum absolute atomic E-state index is 5.54. The summed E-state index contributed by atoms with van der Waals surface area (Å²) in [5.74, 6) is 0.909. The van der Waals surface area contributed by atoms with Gasteiger partial charge in [-0.15, -0.1) is 0 Å². The third-order valence-corrected chi connectivity index (χ3v) is 3.43. The second-order valence-corrected chi connectivity index (χ2v) is 4.57. The van der Waals surface area contributed by atoms with Crippen LogP contribution in [0.25, 0.3) is 0 Å². The van der Waals surface area contributed by atoms with Crippen molar-refractivity contribution in [3.63, 3.8) is 0 Å². The van der Waals surface area contributed by atoms with Crippen LogP contribution in [0, 0.1) is 0 Å². The van der Waals surface area contributed by atoms with Gasteiger partial charge in [0, 0.05) is 17.3 Å². The van der Waals surface area contributed by atoms with Gasteiger partial charge in [-0.1, -0.05) is 26.2 Å². The number of hydrogen-bond acceptors (Lipinski definition) is 2. The number of nitrogens with zero attached hydrogens (tertiary/aromatic N) is 1. The van der Waals surface area contributed by atoms with E-state index < -0.39 is 0 Å². The second-order valence-electron chi connectivity index (χ2n) is 4.57. The lowest BCUT2D eigenvalue weighted by molar-refractivity contribution is 0.313. The predicted octanol–water partition coefficient (Wildman–Crippen LogP) is 2.09. The third kappa shape index (κ3) is 1.69. The SMILES string of the molecule is CC1(c2cnc(CN)[nH]2)CCCCC1. The van der Waals surface area contributed by atoms with E-state index in [1.807, 2.05) is 6.20 Å². The largest absolute Gasteiger partial charge is 0.344 e. The van der Waals surface area contributed by atoms with Gasteiger partial charge in [0.05, 0.1) is 6.54 Å². The van der Waals surface area contributed by atoms with E-state index in [0.29, 0.717) is 12.0 Å². The van der Waals surface area contributed by atoms with E-state index in [-0.39, 0.29) is 0 Å². The highest BCUT2D eigenvalue weighted by atomic mass is 14.9. The molecule has 0 atom stereocenters. The van der Waals surface area contributed by atoms with Crippen LogP contribution >= 0.6 is 0 Å².